The molecule has 0 saturated heterocycles. The van der Waals surface area contributed by atoms with Gasteiger partial charge in [-0.05, 0) is 36.5 Å². The topological polar surface area (TPSA) is 57.5 Å². The van der Waals surface area contributed by atoms with Crippen molar-refractivity contribution < 1.29 is 15.0 Å². The molecule has 1 aromatic carbocycles. The number of carboxylic acids is 1. The highest BCUT2D eigenvalue weighted by atomic mass is 16.4. The summed E-state index contributed by atoms with van der Waals surface area (Å²) >= 11 is 0. The highest BCUT2D eigenvalue weighted by Crippen LogP contribution is 2.24. The van der Waals surface area contributed by atoms with Crippen LogP contribution < -0.4 is 0 Å². The number of benzene rings is 1. The van der Waals surface area contributed by atoms with Crippen molar-refractivity contribution in [2.45, 2.75) is 25.4 Å². The summed E-state index contributed by atoms with van der Waals surface area (Å²) in [7, 11) is 0. The molecule has 1 aliphatic rings. The normalized spacial score (nSPS) is 20.2. The molecule has 1 aliphatic carbocycles. The van der Waals surface area contributed by atoms with Crippen LogP contribution in [0.3, 0.4) is 0 Å². The number of hydrogen-bond acceptors (Lipinski definition) is 2. The molecule has 2 rings (SSSR count). The Balaban J connectivity index is 2.48. The molecule has 0 spiro atoms. The van der Waals surface area contributed by atoms with Gasteiger partial charge in [-0.15, -0.1) is 0 Å². The lowest BCUT2D eigenvalue weighted by atomic mass is 9.87. The molecule has 0 radical (unpaired) electrons. The largest absolute Gasteiger partial charge is 0.478 e. The Labute approximate surface area is 82.0 Å². The van der Waals surface area contributed by atoms with Crippen LogP contribution in [0, 0.1) is 0 Å². The molecule has 3 heteroatoms. The van der Waals surface area contributed by atoms with Crippen molar-refractivity contribution >= 4 is 5.97 Å². The minimum atomic E-state index is -0.907. The minimum Gasteiger partial charge on any atom is -0.478 e. The van der Waals surface area contributed by atoms with Gasteiger partial charge in [0.2, 0.25) is 0 Å². The Kier molecular flexibility index (Phi) is 2.25. The lowest BCUT2D eigenvalue weighted by molar-refractivity contribution is 0.0694. The number of carbonyl (C=O) groups is 1. The van der Waals surface area contributed by atoms with Gasteiger partial charge in [0.15, 0.2) is 0 Å². The predicted octanol–water partition coefficient (Wildman–Crippen LogP) is 1.23. The maximum absolute atomic E-state index is 10.9. The Morgan fingerprint density at radius 2 is 2.21 bits per heavy atom. The molecule has 2 N–H and O–H groups in total. The van der Waals surface area contributed by atoms with Crippen LogP contribution in [0.4, 0.5) is 0 Å². The maximum atomic E-state index is 10.9. The molecule has 0 heterocycles. The van der Waals surface area contributed by atoms with E-state index < -0.39 is 5.97 Å². The van der Waals surface area contributed by atoms with Crippen molar-refractivity contribution in [3.8, 4) is 0 Å². The van der Waals surface area contributed by atoms with Gasteiger partial charge in [0, 0.05) is 0 Å². The van der Waals surface area contributed by atoms with E-state index in [1.54, 1.807) is 12.1 Å². The molecule has 74 valence electrons. The molecule has 0 saturated carbocycles. The van der Waals surface area contributed by atoms with Crippen LogP contribution in [0.2, 0.25) is 0 Å². The number of aryl methyl sites for hydroxylation is 1. The lowest BCUT2D eigenvalue weighted by Gasteiger charge is -2.21. The zero-order valence-corrected chi connectivity index (χ0v) is 7.73. The molecule has 0 aromatic heterocycles. The Morgan fingerprint density at radius 1 is 1.43 bits per heavy atom. The fourth-order valence-electron chi connectivity index (χ4n) is 1.97. The van der Waals surface area contributed by atoms with Gasteiger partial charge >= 0.3 is 5.97 Å². The lowest BCUT2D eigenvalue weighted by Crippen LogP contribution is -2.21. The second-order valence-corrected chi connectivity index (χ2v) is 3.65. The first-order valence-electron chi connectivity index (χ1n) is 4.70. The summed E-state index contributed by atoms with van der Waals surface area (Å²) in [6.07, 6.45) is 1.59. The number of rotatable bonds is 1. The third-order valence-electron chi connectivity index (χ3n) is 2.69. The number of aliphatic hydroxyl groups excluding tert-OH is 1. The van der Waals surface area contributed by atoms with Gasteiger partial charge in [0.05, 0.1) is 11.7 Å². The van der Waals surface area contributed by atoms with E-state index in [0.717, 1.165) is 24.0 Å². The number of carboxylic acid groups (broad SMARTS) is 1. The maximum Gasteiger partial charge on any atom is 0.335 e. The highest BCUT2D eigenvalue weighted by molar-refractivity contribution is 5.89. The van der Waals surface area contributed by atoms with Gasteiger partial charge in [0.25, 0.3) is 0 Å². The summed E-state index contributed by atoms with van der Waals surface area (Å²) in [6.45, 7) is 0. The van der Waals surface area contributed by atoms with Crippen molar-refractivity contribution in [3.05, 3.63) is 34.9 Å². The zero-order valence-electron chi connectivity index (χ0n) is 7.73. The Morgan fingerprint density at radius 3 is 2.93 bits per heavy atom. The average Bonchev–Trinajstić information content (AvgIpc) is 2.16. The van der Waals surface area contributed by atoms with E-state index in [0.29, 0.717) is 12.0 Å². The molecule has 1 unspecified atom stereocenters. The number of aromatic carboxylic acids is 1. The summed E-state index contributed by atoms with van der Waals surface area (Å²) in [5, 5.41) is 18.4. The molecule has 1 atom stereocenters. The van der Waals surface area contributed by atoms with Gasteiger partial charge in [-0.25, -0.2) is 4.79 Å². The van der Waals surface area contributed by atoms with Gasteiger partial charge in [0.1, 0.15) is 0 Å². The molecule has 3 nitrogen and oxygen atoms in total. The van der Waals surface area contributed by atoms with Crippen LogP contribution in [0.15, 0.2) is 18.2 Å². The van der Waals surface area contributed by atoms with Crippen LogP contribution in [-0.2, 0) is 12.8 Å². The molecule has 0 aliphatic heterocycles. The van der Waals surface area contributed by atoms with Crippen LogP contribution >= 0.6 is 0 Å². The number of aliphatic hydroxyl groups is 1. The van der Waals surface area contributed by atoms with Gasteiger partial charge in [-0.3, -0.25) is 0 Å². The molecule has 0 amide bonds. The molecule has 14 heavy (non-hydrogen) atoms. The highest BCUT2D eigenvalue weighted by Gasteiger charge is 2.21. The van der Waals surface area contributed by atoms with E-state index >= 15 is 0 Å². The zero-order chi connectivity index (χ0) is 10.1. The van der Waals surface area contributed by atoms with Crippen molar-refractivity contribution in [1.29, 1.82) is 0 Å². The summed E-state index contributed by atoms with van der Waals surface area (Å²) < 4.78 is 0. The first-order chi connectivity index (χ1) is 6.68. The molecular weight excluding hydrogens is 180 g/mol. The van der Waals surface area contributed by atoms with Crippen molar-refractivity contribution in [2.24, 2.45) is 0 Å². The predicted molar refractivity (Wildman–Crippen MR) is 51.4 cm³/mol. The number of hydrogen-bond donors (Lipinski definition) is 2. The first kappa shape index (κ1) is 9.21. The Bertz CT molecular complexity index is 371. The van der Waals surface area contributed by atoms with Gasteiger partial charge in [-0.1, -0.05) is 12.1 Å². The second kappa shape index (κ2) is 3.42. The number of fused-ring (bicyclic) bond motifs is 1. The fraction of sp³-hybridized carbons (Fsp3) is 0.364. The average molecular weight is 192 g/mol. The first-order valence-corrected chi connectivity index (χ1v) is 4.70. The van der Waals surface area contributed by atoms with Gasteiger partial charge in [-0.2, -0.15) is 0 Å². The van der Waals surface area contributed by atoms with Crippen molar-refractivity contribution in [1.82, 2.24) is 0 Å². The summed E-state index contributed by atoms with van der Waals surface area (Å²) in [6, 6.07) is 5.30. The monoisotopic (exact) mass is 192 g/mol. The van der Waals surface area contributed by atoms with Crippen LogP contribution in [-0.4, -0.2) is 22.3 Å². The third kappa shape index (κ3) is 1.51. The fourth-order valence-corrected chi connectivity index (χ4v) is 1.97. The third-order valence-corrected chi connectivity index (χ3v) is 2.69. The second-order valence-electron chi connectivity index (χ2n) is 3.65. The van der Waals surface area contributed by atoms with E-state index in [-0.39, 0.29) is 6.10 Å². The molecule has 1 aromatic rings. The van der Waals surface area contributed by atoms with E-state index in [1.807, 2.05) is 6.07 Å². The standard InChI is InChI=1S/C11H12O3/c12-8-5-4-7-2-1-3-9(11(13)14)10(7)6-8/h1-3,8,12H,4-6H2,(H,13,14). The van der Waals surface area contributed by atoms with Crippen molar-refractivity contribution in [3.63, 3.8) is 0 Å². The summed E-state index contributed by atoms with van der Waals surface area (Å²) in [5.41, 5.74) is 2.20. The Hall–Kier alpha value is -1.35. The van der Waals surface area contributed by atoms with E-state index in [1.165, 1.54) is 0 Å². The van der Waals surface area contributed by atoms with E-state index in [9.17, 15) is 9.90 Å². The summed E-state index contributed by atoms with van der Waals surface area (Å²) in [4.78, 5) is 10.9. The van der Waals surface area contributed by atoms with E-state index in [4.69, 9.17) is 5.11 Å². The van der Waals surface area contributed by atoms with Crippen molar-refractivity contribution in [2.75, 3.05) is 0 Å². The molecule has 0 bridgehead atoms. The summed E-state index contributed by atoms with van der Waals surface area (Å²) in [5.74, 6) is -0.907. The molecular formula is C11H12O3. The van der Waals surface area contributed by atoms with Gasteiger partial charge < -0.3 is 10.2 Å². The minimum absolute atomic E-state index is 0.334. The SMILES string of the molecule is O=C(O)c1cccc2c1CC(O)CC2. The van der Waals surface area contributed by atoms with Crippen LogP contribution in [0.25, 0.3) is 0 Å². The van der Waals surface area contributed by atoms with E-state index in [2.05, 4.69) is 0 Å². The smallest absolute Gasteiger partial charge is 0.335 e. The quantitative estimate of drug-likeness (QED) is 0.703. The van der Waals surface area contributed by atoms with Crippen LogP contribution in [0.1, 0.15) is 27.9 Å². The van der Waals surface area contributed by atoms with Crippen LogP contribution in [0.5, 0.6) is 0 Å². The molecule has 0 fully saturated rings.